The molecule has 1 saturated heterocycles. The van der Waals surface area contributed by atoms with Gasteiger partial charge in [0, 0.05) is 30.2 Å². The Balaban J connectivity index is 1.35. The maximum Gasteiger partial charge on any atom is 0.519 e. The molecule has 6 rings (SSSR count). The zero-order chi connectivity index (χ0) is 24.5. The van der Waals surface area contributed by atoms with Gasteiger partial charge in [-0.2, -0.15) is 0 Å². The predicted molar refractivity (Wildman–Crippen MR) is 122 cm³/mol. The van der Waals surface area contributed by atoms with Gasteiger partial charge in [-0.3, -0.25) is 10.1 Å². The molecule has 0 amide bonds. The molecule has 1 spiro atoms. The summed E-state index contributed by atoms with van der Waals surface area (Å²) in [5.74, 6) is 1.54. The van der Waals surface area contributed by atoms with Gasteiger partial charge in [-0.05, 0) is 56.3 Å². The van der Waals surface area contributed by atoms with Crippen molar-refractivity contribution in [3.63, 3.8) is 0 Å². The number of hydrogen-bond donors (Lipinski definition) is 1. The fourth-order valence-electron chi connectivity index (χ4n) is 6.44. The van der Waals surface area contributed by atoms with Crippen molar-refractivity contribution in [3.8, 4) is 17.2 Å². The molecule has 35 heavy (non-hydrogen) atoms. The number of ether oxygens (including phenoxy) is 4. The van der Waals surface area contributed by atoms with Gasteiger partial charge in [-0.1, -0.05) is 6.07 Å². The minimum absolute atomic E-state index is 0.112. The Hall–Kier alpha value is -3.63. The third-order valence-corrected chi connectivity index (χ3v) is 8.01. The molecule has 1 unspecified atom stereocenters. The molecule has 10 heteroatoms. The maximum atomic E-state index is 12.7. The number of piperidine rings is 1. The fraction of sp³-hybridized carbons (Fsp3) is 0.400. The number of benzene rings is 2. The van der Waals surface area contributed by atoms with Crippen LogP contribution in [0.2, 0.25) is 0 Å². The molecule has 2 aromatic rings. The first-order chi connectivity index (χ1) is 16.8. The van der Waals surface area contributed by atoms with Crippen LogP contribution in [0.5, 0.6) is 17.2 Å². The van der Waals surface area contributed by atoms with Crippen LogP contribution in [0.1, 0.15) is 24.0 Å². The fourth-order valence-corrected chi connectivity index (χ4v) is 6.44. The summed E-state index contributed by atoms with van der Waals surface area (Å²) in [4.78, 5) is 25.2. The molecule has 2 aliphatic heterocycles. The van der Waals surface area contributed by atoms with Gasteiger partial charge in [0.2, 0.25) is 0 Å². The zero-order valence-electron chi connectivity index (χ0n) is 19.2. The van der Waals surface area contributed by atoms with Gasteiger partial charge in [-0.15, -0.1) is 0 Å². The Labute approximate surface area is 200 Å². The number of hydrogen-bond acceptors (Lipinski definition) is 9. The number of nitro groups is 1. The average molecular weight is 480 g/mol. The summed E-state index contributed by atoms with van der Waals surface area (Å²) in [6.07, 6.45) is 1.58. The number of methoxy groups -OCH3 is 1. The van der Waals surface area contributed by atoms with Crippen LogP contribution in [0.15, 0.2) is 48.2 Å². The Kier molecular flexibility index (Phi) is 4.64. The van der Waals surface area contributed by atoms with Crippen molar-refractivity contribution < 1.29 is 33.8 Å². The van der Waals surface area contributed by atoms with E-state index in [9.17, 15) is 20.0 Å². The summed E-state index contributed by atoms with van der Waals surface area (Å²) in [5, 5.41) is 23.0. The first kappa shape index (κ1) is 21.9. The van der Waals surface area contributed by atoms with Gasteiger partial charge >= 0.3 is 6.16 Å². The summed E-state index contributed by atoms with van der Waals surface area (Å²) in [5.41, 5.74) is 0.0185. The van der Waals surface area contributed by atoms with Crippen LogP contribution in [0.4, 0.5) is 10.5 Å². The number of carbonyl (C=O) groups is 1. The summed E-state index contributed by atoms with van der Waals surface area (Å²) < 4.78 is 22.9. The number of likely N-dealkylation sites (N-methyl/N-ethyl adjacent to an activating group) is 1. The lowest BCUT2D eigenvalue weighted by molar-refractivity contribution is -0.384. The van der Waals surface area contributed by atoms with Gasteiger partial charge in [0.05, 0.1) is 23.0 Å². The number of nitro benzene ring substituents is 1. The normalized spacial score (nSPS) is 30.0. The molecule has 0 aromatic heterocycles. The van der Waals surface area contributed by atoms with E-state index < -0.39 is 28.2 Å². The highest BCUT2D eigenvalue weighted by Gasteiger charge is 2.72. The lowest BCUT2D eigenvalue weighted by Crippen LogP contribution is -2.74. The van der Waals surface area contributed by atoms with Gasteiger partial charge in [0.1, 0.15) is 11.5 Å². The molecule has 182 valence electrons. The van der Waals surface area contributed by atoms with Gasteiger partial charge in [-0.25, -0.2) is 4.79 Å². The van der Waals surface area contributed by atoms with Crippen molar-refractivity contribution >= 4 is 11.8 Å². The van der Waals surface area contributed by atoms with Gasteiger partial charge in [0.25, 0.3) is 5.69 Å². The van der Waals surface area contributed by atoms with Crippen LogP contribution < -0.4 is 14.2 Å². The van der Waals surface area contributed by atoms with Crippen molar-refractivity contribution in [3.05, 3.63) is 69.5 Å². The first-order valence-electron chi connectivity index (χ1n) is 11.4. The minimum atomic E-state index is -1.11. The largest absolute Gasteiger partial charge is 0.519 e. The molecule has 4 aliphatic rings. The SMILES string of the molecule is COc1ccc2c3c1O[C@H]1C(OC(=O)Oc4ccc([N+](=O)[O-])cc4)=CC[C@@]4(O)C(C2)N(C)CC[C@]314. The van der Waals surface area contributed by atoms with Crippen molar-refractivity contribution in [2.75, 3.05) is 20.7 Å². The minimum Gasteiger partial charge on any atom is -0.493 e. The molecule has 1 fully saturated rings. The third kappa shape index (κ3) is 2.86. The molecule has 0 radical (unpaired) electrons. The van der Waals surface area contributed by atoms with Crippen LogP contribution in [0.25, 0.3) is 0 Å². The maximum absolute atomic E-state index is 12.7. The molecular formula is C25H24N2O8. The molecule has 10 nitrogen and oxygen atoms in total. The standard InChI is InChI=1S/C25H24N2O8/c1-26-12-11-24-20-14-3-8-17(32-2)21(20)35-22(24)18(9-10-25(24,29)19(26)13-14)34-23(28)33-16-6-4-15(5-7-16)27(30)31/h3-9,19,22,29H,10-13H2,1-2H3/t19?,22-,24-,25+/m0/s1. The molecule has 1 N–H and O–H groups in total. The number of rotatable bonds is 4. The van der Waals surface area contributed by atoms with Crippen LogP contribution in [-0.2, 0) is 16.6 Å². The van der Waals surface area contributed by atoms with E-state index in [1.54, 1.807) is 13.2 Å². The van der Waals surface area contributed by atoms with E-state index in [0.717, 1.165) is 17.7 Å². The summed E-state index contributed by atoms with van der Waals surface area (Å²) in [6, 6.07) is 8.92. The zero-order valence-corrected chi connectivity index (χ0v) is 19.2. The molecular weight excluding hydrogens is 456 g/mol. The second kappa shape index (κ2) is 7.43. The summed E-state index contributed by atoms with van der Waals surface area (Å²) >= 11 is 0. The van der Waals surface area contributed by atoms with Crippen molar-refractivity contribution in [1.29, 1.82) is 0 Å². The summed E-state index contributed by atoms with van der Waals surface area (Å²) in [6.45, 7) is 0.753. The number of non-ortho nitro benzene ring substituents is 1. The topological polar surface area (TPSA) is 121 Å². The van der Waals surface area contributed by atoms with Crippen molar-refractivity contribution in [2.24, 2.45) is 0 Å². The Bertz CT molecular complexity index is 1270. The van der Waals surface area contributed by atoms with E-state index in [1.165, 1.54) is 24.3 Å². The molecule has 4 atom stereocenters. The van der Waals surface area contributed by atoms with E-state index in [4.69, 9.17) is 18.9 Å². The van der Waals surface area contributed by atoms with E-state index in [-0.39, 0.29) is 29.7 Å². The highest BCUT2D eigenvalue weighted by Crippen LogP contribution is 2.65. The lowest BCUT2D eigenvalue weighted by atomic mass is 9.50. The monoisotopic (exact) mass is 480 g/mol. The quantitative estimate of drug-likeness (QED) is 0.305. The molecule has 2 aromatic carbocycles. The molecule has 0 saturated carbocycles. The van der Waals surface area contributed by atoms with E-state index >= 15 is 0 Å². The Morgan fingerprint density at radius 2 is 2.00 bits per heavy atom. The molecule has 2 bridgehead atoms. The molecule has 2 aliphatic carbocycles. The second-order valence-electron chi connectivity index (χ2n) is 9.49. The van der Waals surface area contributed by atoms with Crippen LogP contribution in [0.3, 0.4) is 0 Å². The van der Waals surface area contributed by atoms with Crippen molar-refractivity contribution in [2.45, 2.75) is 42.4 Å². The van der Waals surface area contributed by atoms with E-state index in [0.29, 0.717) is 24.3 Å². The predicted octanol–water partition coefficient (Wildman–Crippen LogP) is 3.10. The van der Waals surface area contributed by atoms with Crippen LogP contribution in [-0.4, -0.2) is 59.5 Å². The number of nitrogens with zero attached hydrogens (tertiary/aromatic N) is 2. The summed E-state index contributed by atoms with van der Waals surface area (Å²) in [7, 11) is 3.59. The Morgan fingerprint density at radius 1 is 1.23 bits per heavy atom. The lowest BCUT2D eigenvalue weighted by Gasteiger charge is -2.61. The number of likely N-dealkylation sites (tertiary alicyclic amines) is 1. The number of aliphatic hydroxyl groups is 1. The van der Waals surface area contributed by atoms with Crippen molar-refractivity contribution in [1.82, 2.24) is 4.90 Å². The van der Waals surface area contributed by atoms with Gasteiger partial charge in [0.15, 0.2) is 17.6 Å². The van der Waals surface area contributed by atoms with E-state index in [2.05, 4.69) is 4.90 Å². The number of carbonyl (C=O) groups excluding carboxylic acids is 1. The second-order valence-corrected chi connectivity index (χ2v) is 9.49. The smallest absolute Gasteiger partial charge is 0.493 e. The average Bonchev–Trinajstić information content (AvgIpc) is 3.19. The Morgan fingerprint density at radius 3 is 2.71 bits per heavy atom. The van der Waals surface area contributed by atoms with Crippen LogP contribution in [0, 0.1) is 10.1 Å². The molecule has 2 heterocycles. The first-order valence-corrected chi connectivity index (χ1v) is 11.4. The highest BCUT2D eigenvalue weighted by atomic mass is 16.7. The van der Waals surface area contributed by atoms with Gasteiger partial charge < -0.3 is 29.0 Å². The van der Waals surface area contributed by atoms with Crippen LogP contribution >= 0.6 is 0 Å². The van der Waals surface area contributed by atoms with E-state index in [1.807, 2.05) is 19.2 Å². The third-order valence-electron chi connectivity index (χ3n) is 8.01. The highest BCUT2D eigenvalue weighted by molar-refractivity contribution is 5.68.